The molecule has 1 aromatic carbocycles. The molecular weight excluding hydrogens is 200 g/mol. The second-order valence-electron chi connectivity index (χ2n) is 3.41. The van der Waals surface area contributed by atoms with Gasteiger partial charge in [-0.3, -0.25) is 0 Å². The molecular formula is C14H18O2. The zero-order valence-corrected chi connectivity index (χ0v) is 9.69. The van der Waals surface area contributed by atoms with Crippen molar-refractivity contribution < 1.29 is 9.47 Å². The van der Waals surface area contributed by atoms with Crippen molar-refractivity contribution >= 4 is 0 Å². The van der Waals surface area contributed by atoms with Gasteiger partial charge in [0.05, 0.1) is 19.8 Å². The summed E-state index contributed by atoms with van der Waals surface area (Å²) in [7, 11) is 1.66. The lowest BCUT2D eigenvalue weighted by atomic mass is 10.1. The van der Waals surface area contributed by atoms with Crippen LogP contribution in [0.15, 0.2) is 49.6 Å². The standard InChI is InChI=1S/C14H18O2/c1-4-7-14(16-10-5-2)12-8-6-9-13(11-12)15-3/h4-6,8-9,11,14H,1-2,7,10H2,3H3. The molecule has 1 unspecified atom stereocenters. The van der Waals surface area contributed by atoms with E-state index in [1.54, 1.807) is 13.2 Å². The lowest BCUT2D eigenvalue weighted by Gasteiger charge is -2.16. The van der Waals surface area contributed by atoms with Gasteiger partial charge < -0.3 is 9.47 Å². The first-order valence-corrected chi connectivity index (χ1v) is 5.29. The highest BCUT2D eigenvalue weighted by molar-refractivity contribution is 5.30. The second-order valence-corrected chi connectivity index (χ2v) is 3.41. The number of hydrogen-bond donors (Lipinski definition) is 0. The molecule has 16 heavy (non-hydrogen) atoms. The Hall–Kier alpha value is -1.54. The van der Waals surface area contributed by atoms with Crippen molar-refractivity contribution in [3.63, 3.8) is 0 Å². The third kappa shape index (κ3) is 3.55. The number of methoxy groups -OCH3 is 1. The zero-order chi connectivity index (χ0) is 11.8. The van der Waals surface area contributed by atoms with Crippen molar-refractivity contribution in [1.82, 2.24) is 0 Å². The summed E-state index contributed by atoms with van der Waals surface area (Å²) in [6.07, 6.45) is 4.40. The average molecular weight is 218 g/mol. The van der Waals surface area contributed by atoms with Gasteiger partial charge >= 0.3 is 0 Å². The first kappa shape index (κ1) is 12.5. The van der Waals surface area contributed by atoms with Crippen LogP contribution in [0.5, 0.6) is 5.75 Å². The summed E-state index contributed by atoms with van der Waals surface area (Å²) in [5.41, 5.74) is 1.10. The van der Waals surface area contributed by atoms with Crippen LogP contribution < -0.4 is 4.74 Å². The Morgan fingerprint density at radius 3 is 2.75 bits per heavy atom. The van der Waals surface area contributed by atoms with E-state index in [4.69, 9.17) is 9.47 Å². The van der Waals surface area contributed by atoms with E-state index in [0.29, 0.717) is 6.61 Å². The largest absolute Gasteiger partial charge is 0.497 e. The minimum absolute atomic E-state index is 0.0191. The van der Waals surface area contributed by atoms with E-state index < -0.39 is 0 Å². The van der Waals surface area contributed by atoms with Gasteiger partial charge in [-0.1, -0.05) is 24.3 Å². The summed E-state index contributed by atoms with van der Waals surface area (Å²) in [6, 6.07) is 7.89. The van der Waals surface area contributed by atoms with E-state index in [1.165, 1.54) is 0 Å². The molecule has 0 amide bonds. The molecule has 0 radical (unpaired) electrons. The molecule has 0 aliphatic heterocycles. The van der Waals surface area contributed by atoms with E-state index in [2.05, 4.69) is 13.2 Å². The van der Waals surface area contributed by atoms with Gasteiger partial charge in [0.25, 0.3) is 0 Å². The number of benzene rings is 1. The van der Waals surface area contributed by atoms with Gasteiger partial charge in [-0.15, -0.1) is 13.2 Å². The van der Waals surface area contributed by atoms with Crippen LogP contribution in [0, 0.1) is 0 Å². The van der Waals surface area contributed by atoms with Crippen LogP contribution in [-0.4, -0.2) is 13.7 Å². The average Bonchev–Trinajstić information content (AvgIpc) is 2.34. The zero-order valence-electron chi connectivity index (χ0n) is 9.69. The summed E-state index contributed by atoms with van der Waals surface area (Å²) in [5, 5.41) is 0. The molecule has 2 nitrogen and oxygen atoms in total. The Balaban J connectivity index is 2.81. The van der Waals surface area contributed by atoms with Gasteiger partial charge in [-0.25, -0.2) is 0 Å². The van der Waals surface area contributed by atoms with Crippen molar-refractivity contribution in [1.29, 1.82) is 0 Å². The second kappa shape index (κ2) is 6.85. The Kier molecular flexibility index (Phi) is 5.37. The minimum Gasteiger partial charge on any atom is -0.497 e. The highest BCUT2D eigenvalue weighted by atomic mass is 16.5. The van der Waals surface area contributed by atoms with E-state index >= 15 is 0 Å². The molecule has 0 spiro atoms. The lowest BCUT2D eigenvalue weighted by Crippen LogP contribution is -2.03. The van der Waals surface area contributed by atoms with Gasteiger partial charge in [0, 0.05) is 0 Å². The number of hydrogen-bond acceptors (Lipinski definition) is 2. The summed E-state index contributed by atoms with van der Waals surface area (Å²) < 4.78 is 10.9. The number of rotatable bonds is 7. The van der Waals surface area contributed by atoms with Crippen molar-refractivity contribution in [3.8, 4) is 5.75 Å². The summed E-state index contributed by atoms with van der Waals surface area (Å²) in [5.74, 6) is 0.841. The van der Waals surface area contributed by atoms with E-state index in [0.717, 1.165) is 17.7 Å². The van der Waals surface area contributed by atoms with Crippen LogP contribution in [0.3, 0.4) is 0 Å². The summed E-state index contributed by atoms with van der Waals surface area (Å²) >= 11 is 0. The fourth-order valence-electron chi connectivity index (χ4n) is 1.48. The van der Waals surface area contributed by atoms with Crippen molar-refractivity contribution in [2.45, 2.75) is 12.5 Å². The van der Waals surface area contributed by atoms with Crippen LogP contribution in [-0.2, 0) is 4.74 Å². The minimum atomic E-state index is 0.0191. The first-order chi connectivity index (χ1) is 7.81. The molecule has 0 N–H and O–H groups in total. The van der Waals surface area contributed by atoms with Gasteiger partial charge in [0.1, 0.15) is 5.75 Å². The van der Waals surface area contributed by atoms with Gasteiger partial charge in [0.15, 0.2) is 0 Å². The highest BCUT2D eigenvalue weighted by Crippen LogP contribution is 2.25. The molecule has 86 valence electrons. The Bertz CT molecular complexity index is 344. The van der Waals surface area contributed by atoms with Crippen molar-refractivity contribution in [3.05, 3.63) is 55.1 Å². The predicted molar refractivity (Wildman–Crippen MR) is 66.7 cm³/mol. The molecule has 1 aromatic rings. The topological polar surface area (TPSA) is 18.5 Å². The Morgan fingerprint density at radius 2 is 2.12 bits per heavy atom. The van der Waals surface area contributed by atoms with Crippen LogP contribution in [0.25, 0.3) is 0 Å². The Morgan fingerprint density at radius 1 is 1.31 bits per heavy atom. The van der Waals surface area contributed by atoms with Crippen LogP contribution in [0.2, 0.25) is 0 Å². The van der Waals surface area contributed by atoms with Crippen molar-refractivity contribution in [2.24, 2.45) is 0 Å². The first-order valence-electron chi connectivity index (χ1n) is 5.29. The van der Waals surface area contributed by atoms with Crippen molar-refractivity contribution in [2.75, 3.05) is 13.7 Å². The van der Waals surface area contributed by atoms with Crippen LogP contribution in [0.4, 0.5) is 0 Å². The maximum absolute atomic E-state index is 5.67. The molecule has 0 aliphatic carbocycles. The summed E-state index contributed by atoms with van der Waals surface area (Å²) in [6.45, 7) is 7.92. The molecule has 0 aliphatic rings. The molecule has 0 heterocycles. The highest BCUT2D eigenvalue weighted by Gasteiger charge is 2.10. The van der Waals surface area contributed by atoms with Gasteiger partial charge in [-0.2, -0.15) is 0 Å². The van der Waals surface area contributed by atoms with E-state index in [-0.39, 0.29) is 6.10 Å². The predicted octanol–water partition coefficient (Wildman–Crippen LogP) is 3.52. The fraction of sp³-hybridized carbons (Fsp3) is 0.286. The molecule has 0 saturated carbocycles. The van der Waals surface area contributed by atoms with E-state index in [1.807, 2.05) is 30.3 Å². The fourth-order valence-corrected chi connectivity index (χ4v) is 1.48. The van der Waals surface area contributed by atoms with Crippen LogP contribution >= 0.6 is 0 Å². The number of ether oxygens (including phenoxy) is 2. The molecule has 0 aromatic heterocycles. The summed E-state index contributed by atoms with van der Waals surface area (Å²) in [4.78, 5) is 0. The SMILES string of the molecule is C=CCOC(CC=C)c1cccc(OC)c1. The molecule has 1 rings (SSSR count). The maximum Gasteiger partial charge on any atom is 0.119 e. The quantitative estimate of drug-likeness (QED) is 0.652. The Labute approximate surface area is 97.2 Å². The maximum atomic E-state index is 5.67. The normalized spacial score (nSPS) is 11.8. The third-order valence-electron chi connectivity index (χ3n) is 2.26. The van der Waals surface area contributed by atoms with E-state index in [9.17, 15) is 0 Å². The molecule has 1 atom stereocenters. The molecule has 0 saturated heterocycles. The third-order valence-corrected chi connectivity index (χ3v) is 2.26. The molecule has 0 bridgehead atoms. The van der Waals surface area contributed by atoms with Gasteiger partial charge in [-0.05, 0) is 24.1 Å². The monoisotopic (exact) mass is 218 g/mol. The molecule has 0 fully saturated rings. The van der Waals surface area contributed by atoms with Gasteiger partial charge in [0.2, 0.25) is 0 Å². The lowest BCUT2D eigenvalue weighted by molar-refractivity contribution is 0.0765. The van der Waals surface area contributed by atoms with Crippen LogP contribution in [0.1, 0.15) is 18.1 Å². The molecule has 2 heteroatoms. The smallest absolute Gasteiger partial charge is 0.119 e.